The average molecular weight is 443 g/mol. The van der Waals surface area contributed by atoms with E-state index in [1.54, 1.807) is 12.1 Å². The zero-order chi connectivity index (χ0) is 22.3. The molecule has 0 spiro atoms. The number of nitrogens with one attached hydrogen (secondary N) is 2. The van der Waals surface area contributed by atoms with E-state index in [1.165, 1.54) is 30.5 Å². The van der Waals surface area contributed by atoms with Gasteiger partial charge in [0.15, 0.2) is 6.61 Å². The summed E-state index contributed by atoms with van der Waals surface area (Å²) in [6, 6.07) is 17.0. The molecule has 3 rings (SSSR count). The van der Waals surface area contributed by atoms with Gasteiger partial charge < -0.3 is 14.5 Å². The lowest BCUT2D eigenvalue weighted by Gasteiger charge is -2.15. The lowest BCUT2D eigenvalue weighted by Crippen LogP contribution is -2.23. The molecule has 0 saturated heterocycles. The minimum atomic E-state index is -3.69. The third-order valence-electron chi connectivity index (χ3n) is 4.89. The second-order valence-corrected chi connectivity index (χ2v) is 8.88. The topological polar surface area (TPSA) is 97.6 Å². The fraction of sp³-hybridized carbons (Fsp3) is 0.261. The summed E-state index contributed by atoms with van der Waals surface area (Å²) in [4.78, 5) is 12.4. The molecule has 0 aliphatic rings. The summed E-state index contributed by atoms with van der Waals surface area (Å²) in [7, 11) is -3.69. The molecule has 1 heterocycles. The summed E-state index contributed by atoms with van der Waals surface area (Å²) in [5.74, 6) is 1.21. The molecule has 164 valence electrons. The van der Waals surface area contributed by atoms with Gasteiger partial charge in [-0.3, -0.25) is 4.79 Å². The maximum Gasteiger partial charge on any atom is 0.262 e. The minimum absolute atomic E-state index is 0.0588. The van der Waals surface area contributed by atoms with Crippen molar-refractivity contribution in [2.75, 3.05) is 11.9 Å². The van der Waals surface area contributed by atoms with Crippen molar-refractivity contribution >= 4 is 21.6 Å². The number of hydrogen-bond acceptors (Lipinski definition) is 5. The lowest BCUT2D eigenvalue weighted by atomic mass is 9.98. The van der Waals surface area contributed by atoms with Gasteiger partial charge in [0.1, 0.15) is 11.5 Å². The number of carbonyl (C=O) groups excluding carboxylic acids is 1. The molecule has 1 aromatic heterocycles. The number of furan rings is 1. The van der Waals surface area contributed by atoms with Crippen LogP contribution >= 0.6 is 0 Å². The molecule has 31 heavy (non-hydrogen) atoms. The molecule has 0 aliphatic heterocycles. The Hall–Kier alpha value is -3.10. The molecule has 2 N–H and O–H groups in total. The number of ether oxygens (including phenoxy) is 1. The van der Waals surface area contributed by atoms with Crippen molar-refractivity contribution in [3.8, 4) is 5.75 Å². The summed E-state index contributed by atoms with van der Waals surface area (Å²) in [6.07, 6.45) is 2.45. The second kappa shape index (κ2) is 10.3. The summed E-state index contributed by atoms with van der Waals surface area (Å²) in [5.41, 5.74) is 1.54. The summed E-state index contributed by atoms with van der Waals surface area (Å²) in [6.45, 7) is 4.13. The van der Waals surface area contributed by atoms with Crippen LogP contribution in [0.2, 0.25) is 0 Å². The zero-order valence-electron chi connectivity index (χ0n) is 17.5. The molecule has 0 saturated carbocycles. The van der Waals surface area contributed by atoms with E-state index in [4.69, 9.17) is 9.15 Å². The Labute approximate surface area is 182 Å². The Morgan fingerprint density at radius 1 is 1.06 bits per heavy atom. The fourth-order valence-electron chi connectivity index (χ4n) is 2.96. The van der Waals surface area contributed by atoms with Crippen LogP contribution in [-0.2, 0) is 21.4 Å². The van der Waals surface area contributed by atoms with Gasteiger partial charge in [0.05, 0.1) is 17.7 Å². The fourth-order valence-corrected chi connectivity index (χ4v) is 3.95. The first-order valence-electron chi connectivity index (χ1n) is 10.0. The van der Waals surface area contributed by atoms with Crippen molar-refractivity contribution in [2.24, 2.45) is 0 Å². The zero-order valence-corrected chi connectivity index (χ0v) is 18.3. The van der Waals surface area contributed by atoms with Crippen LogP contribution in [0.4, 0.5) is 5.69 Å². The number of para-hydroxylation sites is 1. The molecule has 0 radical (unpaired) electrons. The van der Waals surface area contributed by atoms with E-state index in [1.807, 2.05) is 24.3 Å². The molecule has 3 aromatic rings. The first-order valence-corrected chi connectivity index (χ1v) is 11.5. The predicted octanol–water partition coefficient (Wildman–Crippen LogP) is 4.29. The Morgan fingerprint density at radius 2 is 1.81 bits per heavy atom. The predicted molar refractivity (Wildman–Crippen MR) is 118 cm³/mol. The van der Waals surface area contributed by atoms with Gasteiger partial charge in [-0.1, -0.05) is 32.0 Å². The van der Waals surface area contributed by atoms with Crippen LogP contribution in [0.15, 0.2) is 76.2 Å². The van der Waals surface area contributed by atoms with Crippen LogP contribution in [0.5, 0.6) is 5.75 Å². The average Bonchev–Trinajstić information content (AvgIpc) is 3.30. The van der Waals surface area contributed by atoms with Crippen molar-refractivity contribution in [2.45, 2.75) is 37.6 Å². The second-order valence-electron chi connectivity index (χ2n) is 7.11. The van der Waals surface area contributed by atoms with Crippen LogP contribution in [0, 0.1) is 0 Å². The number of benzene rings is 2. The molecule has 1 atom stereocenters. The third kappa shape index (κ3) is 6.19. The SMILES string of the molecule is CCC(C)c1ccccc1OCC(=O)Nc1ccc(S(=O)(=O)NCc2ccco2)cc1. The van der Waals surface area contributed by atoms with Crippen LogP contribution in [0.3, 0.4) is 0 Å². The lowest BCUT2D eigenvalue weighted by molar-refractivity contribution is -0.118. The maximum atomic E-state index is 12.4. The molecule has 8 heteroatoms. The van der Waals surface area contributed by atoms with E-state index in [9.17, 15) is 13.2 Å². The summed E-state index contributed by atoms with van der Waals surface area (Å²) in [5, 5.41) is 2.71. The minimum Gasteiger partial charge on any atom is -0.483 e. The van der Waals surface area contributed by atoms with Gasteiger partial charge in [0, 0.05) is 5.69 Å². The standard InChI is InChI=1S/C23H26N2O5S/c1-3-17(2)21-8-4-5-9-22(21)30-16-23(26)25-18-10-12-20(13-11-18)31(27,28)24-15-19-7-6-14-29-19/h4-14,17,24H,3,15-16H2,1-2H3,(H,25,26). The number of hydrogen-bond donors (Lipinski definition) is 2. The van der Waals surface area contributed by atoms with E-state index >= 15 is 0 Å². The smallest absolute Gasteiger partial charge is 0.262 e. The Morgan fingerprint density at radius 3 is 2.48 bits per heavy atom. The van der Waals surface area contributed by atoms with Crippen molar-refractivity contribution in [3.05, 3.63) is 78.3 Å². The maximum absolute atomic E-state index is 12.4. The van der Waals surface area contributed by atoms with E-state index in [-0.39, 0.29) is 24.0 Å². The van der Waals surface area contributed by atoms with Gasteiger partial charge in [-0.15, -0.1) is 0 Å². The normalized spacial score (nSPS) is 12.3. The van der Waals surface area contributed by atoms with E-state index in [0.29, 0.717) is 23.1 Å². The Kier molecular flexibility index (Phi) is 7.49. The van der Waals surface area contributed by atoms with Gasteiger partial charge in [-0.25, -0.2) is 13.1 Å². The molecule has 0 bridgehead atoms. The quantitative estimate of drug-likeness (QED) is 0.488. The van der Waals surface area contributed by atoms with E-state index in [0.717, 1.165) is 12.0 Å². The van der Waals surface area contributed by atoms with Crippen molar-refractivity contribution in [3.63, 3.8) is 0 Å². The van der Waals surface area contributed by atoms with Crippen molar-refractivity contribution < 1.29 is 22.4 Å². The Balaban J connectivity index is 1.55. The first-order chi connectivity index (χ1) is 14.9. The third-order valence-corrected chi connectivity index (χ3v) is 6.30. The highest BCUT2D eigenvalue weighted by Gasteiger charge is 2.15. The van der Waals surface area contributed by atoms with Crippen molar-refractivity contribution in [1.82, 2.24) is 4.72 Å². The highest BCUT2D eigenvalue weighted by molar-refractivity contribution is 7.89. The number of anilines is 1. The molecule has 1 unspecified atom stereocenters. The number of sulfonamides is 1. The number of rotatable bonds is 10. The molecule has 2 aromatic carbocycles. The monoisotopic (exact) mass is 442 g/mol. The molecule has 0 fully saturated rings. The Bertz CT molecular complexity index is 1090. The van der Waals surface area contributed by atoms with E-state index in [2.05, 4.69) is 23.9 Å². The highest BCUT2D eigenvalue weighted by atomic mass is 32.2. The van der Waals surface area contributed by atoms with Crippen LogP contribution in [-0.4, -0.2) is 20.9 Å². The van der Waals surface area contributed by atoms with Gasteiger partial charge in [-0.2, -0.15) is 0 Å². The van der Waals surface area contributed by atoms with Crippen LogP contribution in [0.1, 0.15) is 37.5 Å². The number of carbonyl (C=O) groups is 1. The number of amides is 1. The summed E-state index contributed by atoms with van der Waals surface area (Å²) < 4.78 is 38.0. The first kappa shape index (κ1) is 22.6. The van der Waals surface area contributed by atoms with Crippen LogP contribution in [0.25, 0.3) is 0 Å². The molecule has 7 nitrogen and oxygen atoms in total. The highest BCUT2D eigenvalue weighted by Crippen LogP contribution is 2.28. The molecule has 0 aliphatic carbocycles. The molecule has 1 amide bonds. The van der Waals surface area contributed by atoms with Gasteiger partial charge in [0.25, 0.3) is 5.91 Å². The molecular formula is C23H26N2O5S. The van der Waals surface area contributed by atoms with Gasteiger partial charge in [0.2, 0.25) is 10.0 Å². The van der Waals surface area contributed by atoms with E-state index < -0.39 is 10.0 Å². The van der Waals surface area contributed by atoms with Crippen molar-refractivity contribution in [1.29, 1.82) is 0 Å². The van der Waals surface area contributed by atoms with Crippen LogP contribution < -0.4 is 14.8 Å². The van der Waals surface area contributed by atoms with Gasteiger partial charge >= 0.3 is 0 Å². The largest absolute Gasteiger partial charge is 0.483 e. The molecular weight excluding hydrogens is 416 g/mol. The van der Waals surface area contributed by atoms with Gasteiger partial charge in [-0.05, 0) is 60.4 Å². The summed E-state index contributed by atoms with van der Waals surface area (Å²) >= 11 is 0.